The summed E-state index contributed by atoms with van der Waals surface area (Å²) in [6.45, 7) is 4.38. The van der Waals surface area contributed by atoms with Gasteiger partial charge in [-0.25, -0.2) is 4.98 Å². The highest BCUT2D eigenvalue weighted by atomic mass is 16.5. The van der Waals surface area contributed by atoms with E-state index in [1.54, 1.807) is 0 Å². The molecule has 1 aromatic carbocycles. The topological polar surface area (TPSA) is 45.9 Å². The summed E-state index contributed by atoms with van der Waals surface area (Å²) < 4.78 is 5.68. The van der Waals surface area contributed by atoms with Crippen LogP contribution in [0.15, 0.2) is 36.4 Å². The number of rotatable bonds is 5. The van der Waals surface area contributed by atoms with E-state index in [-0.39, 0.29) is 0 Å². The van der Waals surface area contributed by atoms with Crippen LogP contribution in [-0.4, -0.2) is 11.6 Å². The smallest absolute Gasteiger partial charge is 0.232 e. The van der Waals surface area contributed by atoms with Crippen molar-refractivity contribution in [2.75, 3.05) is 6.61 Å². The third-order valence-electron chi connectivity index (χ3n) is 3.11. The molecule has 2 aromatic rings. The molecule has 0 spiro atoms. The third-order valence-corrected chi connectivity index (χ3v) is 3.11. The van der Waals surface area contributed by atoms with Crippen molar-refractivity contribution in [3.8, 4) is 11.9 Å². The average molecular weight is 266 g/mol. The Hall–Kier alpha value is -2.34. The van der Waals surface area contributed by atoms with Gasteiger partial charge in [-0.05, 0) is 43.9 Å². The average Bonchev–Trinajstić information content (AvgIpc) is 2.44. The van der Waals surface area contributed by atoms with E-state index < -0.39 is 0 Å². The molecule has 0 saturated carbocycles. The van der Waals surface area contributed by atoms with Gasteiger partial charge < -0.3 is 4.74 Å². The first-order valence-corrected chi connectivity index (χ1v) is 6.76. The number of aryl methyl sites for hydroxylation is 3. The van der Waals surface area contributed by atoms with Crippen LogP contribution in [0.4, 0.5) is 0 Å². The molecule has 1 aromatic heterocycles. The van der Waals surface area contributed by atoms with Crippen molar-refractivity contribution in [1.82, 2.24) is 4.98 Å². The van der Waals surface area contributed by atoms with Gasteiger partial charge in [-0.2, -0.15) is 5.26 Å². The van der Waals surface area contributed by atoms with Crippen molar-refractivity contribution in [3.05, 3.63) is 58.8 Å². The van der Waals surface area contributed by atoms with E-state index in [1.165, 1.54) is 5.56 Å². The maximum Gasteiger partial charge on any atom is 0.232 e. The molecule has 0 fully saturated rings. The molecular formula is C17H18N2O. The fourth-order valence-electron chi connectivity index (χ4n) is 2.13. The number of nitrogens with zero attached hydrogens (tertiary/aromatic N) is 2. The predicted octanol–water partition coefficient (Wildman–Crippen LogP) is 3.58. The van der Waals surface area contributed by atoms with Crippen molar-refractivity contribution < 1.29 is 4.74 Å². The highest BCUT2D eigenvalue weighted by Gasteiger charge is 2.09. The normalized spacial score (nSPS) is 10.1. The van der Waals surface area contributed by atoms with Gasteiger partial charge in [-0.15, -0.1) is 0 Å². The highest BCUT2D eigenvalue weighted by Crippen LogP contribution is 2.20. The minimum atomic E-state index is 0.457. The fourth-order valence-corrected chi connectivity index (χ4v) is 2.13. The molecule has 1 heterocycles. The van der Waals surface area contributed by atoms with Crippen LogP contribution in [0.1, 0.15) is 28.8 Å². The SMILES string of the molecule is Cc1cc(C)c(C#N)c(OCCCc2ccccc2)n1. The first-order chi connectivity index (χ1) is 9.70. The molecule has 0 bridgehead atoms. The van der Waals surface area contributed by atoms with E-state index in [9.17, 15) is 0 Å². The van der Waals surface area contributed by atoms with Gasteiger partial charge in [0.2, 0.25) is 5.88 Å². The second-order valence-electron chi connectivity index (χ2n) is 4.81. The zero-order valence-corrected chi connectivity index (χ0v) is 11.9. The lowest BCUT2D eigenvalue weighted by Crippen LogP contribution is -2.04. The van der Waals surface area contributed by atoms with Gasteiger partial charge in [0.25, 0.3) is 0 Å². The Kier molecular flexibility index (Phi) is 4.73. The van der Waals surface area contributed by atoms with E-state index >= 15 is 0 Å². The summed E-state index contributed by atoms with van der Waals surface area (Å²) >= 11 is 0. The van der Waals surface area contributed by atoms with E-state index in [1.807, 2.05) is 38.1 Å². The summed E-state index contributed by atoms with van der Waals surface area (Å²) in [7, 11) is 0. The molecular weight excluding hydrogens is 248 g/mol. The first kappa shape index (κ1) is 14.1. The van der Waals surface area contributed by atoms with Crippen molar-refractivity contribution >= 4 is 0 Å². The maximum atomic E-state index is 9.15. The van der Waals surface area contributed by atoms with Crippen LogP contribution >= 0.6 is 0 Å². The Balaban J connectivity index is 1.93. The van der Waals surface area contributed by atoms with Crippen LogP contribution in [0.2, 0.25) is 0 Å². The second-order valence-corrected chi connectivity index (χ2v) is 4.81. The molecule has 0 aliphatic heterocycles. The summed E-state index contributed by atoms with van der Waals surface area (Å²) in [5, 5.41) is 9.15. The molecule has 0 atom stereocenters. The molecule has 0 aliphatic rings. The minimum Gasteiger partial charge on any atom is -0.477 e. The summed E-state index contributed by atoms with van der Waals surface area (Å²) in [6, 6.07) is 14.4. The lowest BCUT2D eigenvalue weighted by atomic mass is 10.1. The third kappa shape index (κ3) is 3.58. The quantitative estimate of drug-likeness (QED) is 0.777. The number of aromatic nitrogens is 1. The van der Waals surface area contributed by atoms with Crippen LogP contribution in [0.3, 0.4) is 0 Å². The molecule has 0 radical (unpaired) electrons. The monoisotopic (exact) mass is 266 g/mol. The van der Waals surface area contributed by atoms with Crippen LogP contribution in [0.25, 0.3) is 0 Å². The Morgan fingerprint density at radius 1 is 1.20 bits per heavy atom. The molecule has 3 nitrogen and oxygen atoms in total. The molecule has 20 heavy (non-hydrogen) atoms. The minimum absolute atomic E-state index is 0.457. The largest absolute Gasteiger partial charge is 0.477 e. The van der Waals surface area contributed by atoms with Gasteiger partial charge in [0.1, 0.15) is 11.6 Å². The van der Waals surface area contributed by atoms with Crippen LogP contribution in [0.5, 0.6) is 5.88 Å². The lowest BCUT2D eigenvalue weighted by molar-refractivity contribution is 0.297. The van der Waals surface area contributed by atoms with E-state index in [0.29, 0.717) is 18.1 Å². The number of hydrogen-bond acceptors (Lipinski definition) is 3. The van der Waals surface area contributed by atoms with Crippen molar-refractivity contribution in [1.29, 1.82) is 5.26 Å². The number of ether oxygens (including phenoxy) is 1. The van der Waals surface area contributed by atoms with E-state index in [2.05, 4.69) is 23.2 Å². The van der Waals surface area contributed by atoms with Crippen LogP contribution < -0.4 is 4.74 Å². The van der Waals surface area contributed by atoms with Crippen LogP contribution in [0, 0.1) is 25.2 Å². The fraction of sp³-hybridized carbons (Fsp3) is 0.294. The zero-order chi connectivity index (χ0) is 14.4. The van der Waals surface area contributed by atoms with Gasteiger partial charge >= 0.3 is 0 Å². The highest BCUT2D eigenvalue weighted by molar-refractivity contribution is 5.45. The lowest BCUT2D eigenvalue weighted by Gasteiger charge is -2.09. The zero-order valence-electron chi connectivity index (χ0n) is 11.9. The summed E-state index contributed by atoms with van der Waals surface area (Å²) in [5.74, 6) is 0.457. The Labute approximate surface area is 119 Å². The number of pyridine rings is 1. The standard InChI is InChI=1S/C17H18N2O/c1-13-11-14(2)19-17(16(13)12-18)20-10-6-9-15-7-4-3-5-8-15/h3-5,7-8,11H,6,9-10H2,1-2H3. The van der Waals surface area contributed by atoms with Gasteiger partial charge in [0.05, 0.1) is 6.61 Å². The van der Waals surface area contributed by atoms with E-state index in [4.69, 9.17) is 10.00 Å². The van der Waals surface area contributed by atoms with Crippen LogP contribution in [-0.2, 0) is 6.42 Å². The molecule has 0 unspecified atom stereocenters. The molecule has 0 aliphatic carbocycles. The Morgan fingerprint density at radius 3 is 2.65 bits per heavy atom. The first-order valence-electron chi connectivity index (χ1n) is 6.76. The van der Waals surface area contributed by atoms with Crippen molar-refractivity contribution in [2.24, 2.45) is 0 Å². The van der Waals surface area contributed by atoms with Gasteiger partial charge in [0.15, 0.2) is 0 Å². The van der Waals surface area contributed by atoms with E-state index in [0.717, 1.165) is 24.1 Å². The molecule has 0 N–H and O–H groups in total. The van der Waals surface area contributed by atoms with Crippen molar-refractivity contribution in [3.63, 3.8) is 0 Å². The van der Waals surface area contributed by atoms with Gasteiger partial charge in [0, 0.05) is 5.69 Å². The summed E-state index contributed by atoms with van der Waals surface area (Å²) in [4.78, 5) is 4.30. The van der Waals surface area contributed by atoms with Crippen molar-refractivity contribution in [2.45, 2.75) is 26.7 Å². The predicted molar refractivity (Wildman–Crippen MR) is 78.7 cm³/mol. The summed E-state index contributed by atoms with van der Waals surface area (Å²) in [5.41, 5.74) is 3.62. The number of benzene rings is 1. The Bertz CT molecular complexity index is 615. The van der Waals surface area contributed by atoms with Gasteiger partial charge in [-0.3, -0.25) is 0 Å². The van der Waals surface area contributed by atoms with Gasteiger partial charge in [-0.1, -0.05) is 30.3 Å². The molecule has 2 rings (SSSR count). The second kappa shape index (κ2) is 6.72. The number of nitriles is 1. The maximum absolute atomic E-state index is 9.15. The number of hydrogen-bond donors (Lipinski definition) is 0. The summed E-state index contributed by atoms with van der Waals surface area (Å²) in [6.07, 6.45) is 1.87. The molecule has 0 saturated heterocycles. The molecule has 0 amide bonds. The molecule has 102 valence electrons. The molecule has 3 heteroatoms. The Morgan fingerprint density at radius 2 is 1.95 bits per heavy atom.